The molecule has 0 radical (unpaired) electrons. The van der Waals surface area contributed by atoms with E-state index >= 15 is 0 Å². The molecule has 1 aromatic rings. The average Bonchev–Trinajstić information content (AvgIpc) is 2.48. The largest absolute Gasteiger partial charge is 0.495 e. The van der Waals surface area contributed by atoms with Gasteiger partial charge >= 0.3 is 7.12 Å². The molecule has 0 N–H and O–H groups in total. The van der Waals surface area contributed by atoms with Crippen LogP contribution in [0.1, 0.15) is 39.2 Å². The lowest BCUT2D eigenvalue weighted by Gasteiger charge is -2.32. The summed E-state index contributed by atoms with van der Waals surface area (Å²) in [6.07, 6.45) is 1.70. The van der Waals surface area contributed by atoms with E-state index < -0.39 is 7.12 Å². The van der Waals surface area contributed by atoms with Gasteiger partial charge in [0, 0.05) is 12.1 Å². The van der Waals surface area contributed by atoms with Crippen molar-refractivity contribution in [3.05, 3.63) is 23.0 Å². The molecule has 0 spiro atoms. The molecule has 0 saturated carbocycles. The summed E-state index contributed by atoms with van der Waals surface area (Å²) >= 11 is 6.28. The van der Waals surface area contributed by atoms with Crippen molar-refractivity contribution in [2.45, 2.75) is 44.8 Å². The molecule has 6 heteroatoms. The van der Waals surface area contributed by atoms with Crippen LogP contribution < -0.4 is 5.46 Å². The third kappa shape index (κ3) is 2.17. The lowest BCUT2D eigenvalue weighted by Crippen LogP contribution is -2.41. The summed E-state index contributed by atoms with van der Waals surface area (Å²) in [5, 5.41) is 0.519. The molecule has 0 atom stereocenters. The maximum absolute atomic E-state index is 6.28. The first-order chi connectivity index (χ1) is 9.32. The van der Waals surface area contributed by atoms with E-state index in [0.29, 0.717) is 18.4 Å². The smallest absolute Gasteiger partial charge is 0.399 e. The van der Waals surface area contributed by atoms with Crippen molar-refractivity contribution in [3.8, 4) is 0 Å². The van der Waals surface area contributed by atoms with Crippen LogP contribution in [0.15, 0.2) is 12.3 Å². The van der Waals surface area contributed by atoms with Crippen LogP contribution in [0.4, 0.5) is 0 Å². The fourth-order valence-corrected chi connectivity index (χ4v) is 2.76. The van der Waals surface area contributed by atoms with Crippen LogP contribution in [0.3, 0.4) is 0 Å². The Kier molecular flexibility index (Phi) is 3.37. The van der Waals surface area contributed by atoms with E-state index in [-0.39, 0.29) is 17.1 Å². The monoisotopic (exact) mass is 295 g/mol. The predicted octanol–water partition coefficient (Wildman–Crippen LogP) is 2.15. The van der Waals surface area contributed by atoms with Crippen LogP contribution >= 0.6 is 11.6 Å². The molecular formula is C14H19BClNO3. The van der Waals surface area contributed by atoms with Crippen molar-refractivity contribution >= 4 is 24.2 Å². The van der Waals surface area contributed by atoms with E-state index in [0.717, 1.165) is 11.0 Å². The molecule has 0 unspecified atom stereocenters. The third-order valence-corrected chi connectivity index (χ3v) is 4.83. The number of rotatable bonds is 2. The molecule has 0 aromatic carbocycles. The first-order valence-corrected chi connectivity index (χ1v) is 7.27. The van der Waals surface area contributed by atoms with Gasteiger partial charge in [-0.15, -0.1) is 0 Å². The first kappa shape index (κ1) is 14.3. The molecule has 0 bridgehead atoms. The fraction of sp³-hybridized carbons (Fsp3) is 0.643. The molecule has 108 valence electrons. The minimum atomic E-state index is -0.406. The van der Waals surface area contributed by atoms with Gasteiger partial charge in [0.15, 0.2) is 0 Å². The summed E-state index contributed by atoms with van der Waals surface area (Å²) in [6, 6.07) is 1.93. The fourth-order valence-electron chi connectivity index (χ4n) is 2.44. The molecule has 3 heterocycles. The zero-order valence-corrected chi connectivity index (χ0v) is 13.0. The molecule has 2 saturated heterocycles. The van der Waals surface area contributed by atoms with Gasteiger partial charge in [-0.3, -0.25) is 0 Å². The summed E-state index contributed by atoms with van der Waals surface area (Å²) in [4.78, 5) is 4.19. The molecule has 1 aromatic heterocycles. The maximum atomic E-state index is 6.28. The highest BCUT2D eigenvalue weighted by Crippen LogP contribution is 2.38. The minimum absolute atomic E-state index is 0.283. The number of halogens is 1. The van der Waals surface area contributed by atoms with Gasteiger partial charge in [-0.05, 0) is 44.8 Å². The second-order valence-corrected chi connectivity index (χ2v) is 6.79. The van der Waals surface area contributed by atoms with Gasteiger partial charge in [0.25, 0.3) is 0 Å². The second kappa shape index (κ2) is 4.70. The molecule has 2 aliphatic heterocycles. The summed E-state index contributed by atoms with van der Waals surface area (Å²) in [5.41, 5.74) is 1.25. The van der Waals surface area contributed by atoms with Crippen molar-refractivity contribution in [1.29, 1.82) is 0 Å². The normalized spacial score (nSPS) is 24.8. The van der Waals surface area contributed by atoms with Gasteiger partial charge in [-0.25, -0.2) is 4.98 Å². The Bertz CT molecular complexity index is 515. The molecule has 0 amide bonds. The van der Waals surface area contributed by atoms with Gasteiger partial charge in [-0.1, -0.05) is 11.6 Å². The number of pyridine rings is 1. The Balaban J connectivity index is 1.97. The predicted molar refractivity (Wildman–Crippen MR) is 78.5 cm³/mol. The number of hydrogen-bond donors (Lipinski definition) is 0. The highest BCUT2D eigenvalue weighted by molar-refractivity contribution is 6.63. The Morgan fingerprint density at radius 3 is 2.30 bits per heavy atom. The Morgan fingerprint density at radius 2 is 1.80 bits per heavy atom. The van der Waals surface area contributed by atoms with Gasteiger partial charge < -0.3 is 14.0 Å². The minimum Gasteiger partial charge on any atom is -0.399 e. The van der Waals surface area contributed by atoms with Gasteiger partial charge in [-0.2, -0.15) is 0 Å². The Labute approximate surface area is 124 Å². The highest BCUT2D eigenvalue weighted by Gasteiger charge is 2.52. The standard InChI is InChI=1S/C14H19BClNO3/c1-13(2)14(3,4)20-15(19-13)10-5-6-17-12(16)11(10)9-7-18-8-9/h5-6,9H,7-8H2,1-4H3. The molecule has 0 aliphatic carbocycles. The zero-order valence-electron chi connectivity index (χ0n) is 12.3. The second-order valence-electron chi connectivity index (χ2n) is 6.43. The van der Waals surface area contributed by atoms with Gasteiger partial charge in [0.1, 0.15) is 5.15 Å². The van der Waals surface area contributed by atoms with Crippen LogP contribution in [-0.2, 0) is 14.0 Å². The summed E-state index contributed by atoms with van der Waals surface area (Å²) in [5.74, 6) is 0.283. The van der Waals surface area contributed by atoms with E-state index in [2.05, 4.69) is 4.98 Å². The third-order valence-electron chi connectivity index (χ3n) is 4.53. The van der Waals surface area contributed by atoms with Crippen molar-refractivity contribution in [2.75, 3.05) is 13.2 Å². The van der Waals surface area contributed by atoms with Crippen molar-refractivity contribution in [2.24, 2.45) is 0 Å². The topological polar surface area (TPSA) is 40.6 Å². The lowest BCUT2D eigenvalue weighted by atomic mass is 9.73. The van der Waals surface area contributed by atoms with Crippen molar-refractivity contribution in [3.63, 3.8) is 0 Å². The summed E-state index contributed by atoms with van der Waals surface area (Å²) in [6.45, 7) is 9.53. The molecule has 3 rings (SSSR count). The lowest BCUT2D eigenvalue weighted by molar-refractivity contribution is 0.00578. The van der Waals surface area contributed by atoms with E-state index in [1.54, 1.807) is 6.20 Å². The van der Waals surface area contributed by atoms with Gasteiger partial charge in [0.2, 0.25) is 0 Å². The molecular weight excluding hydrogens is 276 g/mol. The molecule has 2 aliphatic rings. The number of hydrogen-bond acceptors (Lipinski definition) is 4. The van der Waals surface area contributed by atoms with Crippen LogP contribution in [0, 0.1) is 0 Å². The summed E-state index contributed by atoms with van der Waals surface area (Å²) in [7, 11) is -0.406. The van der Waals surface area contributed by atoms with Gasteiger partial charge in [0.05, 0.1) is 24.4 Å². The number of ether oxygens (including phenoxy) is 1. The van der Waals surface area contributed by atoms with E-state index in [4.69, 9.17) is 25.6 Å². The van der Waals surface area contributed by atoms with E-state index in [9.17, 15) is 0 Å². The molecule has 20 heavy (non-hydrogen) atoms. The number of nitrogens with zero attached hydrogens (tertiary/aromatic N) is 1. The van der Waals surface area contributed by atoms with Crippen molar-refractivity contribution < 1.29 is 14.0 Å². The van der Waals surface area contributed by atoms with Crippen LogP contribution in [0.2, 0.25) is 5.15 Å². The maximum Gasteiger partial charge on any atom is 0.495 e. The average molecular weight is 296 g/mol. The van der Waals surface area contributed by atoms with E-state index in [1.807, 2.05) is 33.8 Å². The highest BCUT2D eigenvalue weighted by atomic mass is 35.5. The number of aromatic nitrogens is 1. The SMILES string of the molecule is CC1(C)OB(c2ccnc(Cl)c2C2COC2)OC1(C)C. The Hall–Kier alpha value is -0.615. The summed E-state index contributed by atoms with van der Waals surface area (Å²) < 4.78 is 17.5. The van der Waals surface area contributed by atoms with Crippen LogP contribution in [-0.4, -0.2) is 36.5 Å². The molecule has 4 nitrogen and oxygen atoms in total. The Morgan fingerprint density at radius 1 is 1.20 bits per heavy atom. The first-order valence-electron chi connectivity index (χ1n) is 6.89. The van der Waals surface area contributed by atoms with Crippen LogP contribution in [0.5, 0.6) is 0 Å². The van der Waals surface area contributed by atoms with Crippen LogP contribution in [0.25, 0.3) is 0 Å². The van der Waals surface area contributed by atoms with E-state index in [1.165, 1.54) is 0 Å². The zero-order chi connectivity index (χ0) is 14.5. The molecule has 2 fully saturated rings. The quantitative estimate of drug-likeness (QED) is 0.619. The van der Waals surface area contributed by atoms with Crippen molar-refractivity contribution in [1.82, 2.24) is 4.98 Å².